The van der Waals surface area contributed by atoms with Crippen LogP contribution in [0.5, 0.6) is 5.75 Å². The van der Waals surface area contributed by atoms with Crippen LogP contribution in [0.4, 0.5) is 11.4 Å². The van der Waals surface area contributed by atoms with Gasteiger partial charge in [-0.15, -0.1) is 0 Å². The lowest BCUT2D eigenvalue weighted by molar-refractivity contribution is -0.991. The molecule has 1 aromatic carbocycles. The number of rotatable bonds is 1. The number of hydrogen-bond donors (Lipinski definition) is 4. The van der Waals surface area contributed by atoms with Crippen molar-refractivity contribution in [3.8, 4) is 5.75 Å². The minimum atomic E-state index is -1.19. The van der Waals surface area contributed by atoms with Crippen LogP contribution in [0.15, 0.2) is 18.2 Å². The van der Waals surface area contributed by atoms with E-state index in [1.54, 1.807) is 0 Å². The van der Waals surface area contributed by atoms with Gasteiger partial charge in [-0.25, -0.2) is 5.21 Å². The van der Waals surface area contributed by atoms with Gasteiger partial charge < -0.3 is 16.0 Å². The molecule has 0 spiro atoms. The van der Waals surface area contributed by atoms with E-state index < -0.39 is 5.23 Å². The maximum absolute atomic E-state index is 10.4. The van der Waals surface area contributed by atoms with Crippen molar-refractivity contribution >= 4 is 11.4 Å². The summed E-state index contributed by atoms with van der Waals surface area (Å²) >= 11 is 0. The van der Waals surface area contributed by atoms with Gasteiger partial charge in [0.15, 0.2) is 5.75 Å². The fraction of sp³-hybridized carbons (Fsp3) is 0. The molecule has 0 heterocycles. The molecule has 0 amide bonds. The minimum Gasteiger partial charge on any atom is -0.595 e. The lowest BCUT2D eigenvalue weighted by Gasteiger charge is -2.12. The van der Waals surface area contributed by atoms with Crippen LogP contribution in [-0.4, -0.2) is 10.3 Å². The molecule has 1 unspecified atom stereocenters. The first-order valence-electron chi connectivity index (χ1n) is 2.93. The lowest BCUT2D eigenvalue weighted by Crippen LogP contribution is -2.99. The van der Waals surface area contributed by atoms with Gasteiger partial charge >= 0.3 is 0 Å². The molecule has 0 saturated carbocycles. The SMILES string of the molecule is Nc1ccc(O)c([NH+]([O-])O)c1. The van der Waals surface area contributed by atoms with Crippen molar-refractivity contribution in [1.29, 1.82) is 0 Å². The fourth-order valence-corrected chi connectivity index (χ4v) is 0.725. The molecule has 1 atom stereocenters. The van der Waals surface area contributed by atoms with Gasteiger partial charge in [0.2, 0.25) is 5.69 Å². The van der Waals surface area contributed by atoms with Crippen molar-refractivity contribution in [2.45, 2.75) is 0 Å². The number of phenols is 1. The Kier molecular flexibility index (Phi) is 1.95. The molecule has 1 aromatic rings. The molecular formula is C6H8N2O3. The van der Waals surface area contributed by atoms with Gasteiger partial charge in [0.05, 0.1) is 0 Å². The van der Waals surface area contributed by atoms with E-state index >= 15 is 0 Å². The second kappa shape index (κ2) is 2.75. The standard InChI is InChI=1S/C6H8N2O3/c7-4-1-2-6(9)5(3-4)8(10)11/h1-3,8-10H,7H2. The van der Waals surface area contributed by atoms with Gasteiger partial charge in [-0.2, -0.15) is 5.23 Å². The Hall–Kier alpha value is -1.30. The Morgan fingerprint density at radius 2 is 2.09 bits per heavy atom. The van der Waals surface area contributed by atoms with E-state index in [0.29, 0.717) is 5.69 Å². The molecule has 0 aliphatic carbocycles. The first-order valence-corrected chi connectivity index (χ1v) is 2.93. The summed E-state index contributed by atoms with van der Waals surface area (Å²) in [5, 5.41) is 26.6. The van der Waals surface area contributed by atoms with Gasteiger partial charge in [0.25, 0.3) is 0 Å². The largest absolute Gasteiger partial charge is 0.595 e. The third-order valence-electron chi connectivity index (χ3n) is 1.25. The number of aromatic hydroxyl groups is 1. The van der Waals surface area contributed by atoms with Crippen LogP contribution in [0.2, 0.25) is 0 Å². The van der Waals surface area contributed by atoms with Crippen LogP contribution in [0, 0.1) is 5.21 Å². The van der Waals surface area contributed by atoms with E-state index in [4.69, 9.17) is 16.0 Å². The summed E-state index contributed by atoms with van der Waals surface area (Å²) < 4.78 is 0. The Balaban J connectivity index is 3.13. The number of nitrogens with two attached hydrogens (primary N) is 1. The smallest absolute Gasteiger partial charge is 0.207 e. The Morgan fingerprint density at radius 1 is 1.45 bits per heavy atom. The minimum absolute atomic E-state index is 0.176. The second-order valence-electron chi connectivity index (χ2n) is 2.08. The molecule has 5 N–H and O–H groups in total. The van der Waals surface area contributed by atoms with Crippen LogP contribution in [-0.2, 0) is 0 Å². The highest BCUT2D eigenvalue weighted by Crippen LogP contribution is 2.20. The Morgan fingerprint density at radius 3 is 2.55 bits per heavy atom. The number of nitrogen functional groups attached to an aromatic ring is 1. The third kappa shape index (κ3) is 1.58. The number of benzene rings is 1. The maximum Gasteiger partial charge on any atom is 0.207 e. The summed E-state index contributed by atoms with van der Waals surface area (Å²) in [5.41, 5.74) is 5.43. The van der Waals surface area contributed by atoms with E-state index in [1.165, 1.54) is 18.2 Å². The molecule has 5 heteroatoms. The number of nitrogens with one attached hydrogen (secondary N) is 1. The molecule has 0 aromatic heterocycles. The number of phenolic OH excluding ortho intramolecular Hbond substituents is 1. The van der Waals surface area contributed by atoms with Crippen molar-refractivity contribution < 1.29 is 15.5 Å². The average molecular weight is 156 g/mol. The van der Waals surface area contributed by atoms with E-state index in [9.17, 15) is 5.21 Å². The number of anilines is 1. The highest BCUT2D eigenvalue weighted by molar-refractivity contribution is 5.55. The highest BCUT2D eigenvalue weighted by atomic mass is 16.8. The van der Waals surface area contributed by atoms with Gasteiger partial charge in [0.1, 0.15) is 0 Å². The first-order chi connectivity index (χ1) is 5.11. The van der Waals surface area contributed by atoms with Gasteiger partial charge in [-0.05, 0) is 12.1 Å². The number of hydrogen-bond acceptors (Lipinski definition) is 4. The molecule has 0 bridgehead atoms. The second-order valence-corrected chi connectivity index (χ2v) is 2.08. The van der Waals surface area contributed by atoms with Gasteiger partial charge in [0, 0.05) is 11.8 Å². The highest BCUT2D eigenvalue weighted by Gasteiger charge is 2.06. The molecule has 0 fully saturated rings. The van der Waals surface area contributed by atoms with Crippen LogP contribution in [0.25, 0.3) is 0 Å². The zero-order valence-electron chi connectivity index (χ0n) is 5.61. The molecule has 1 rings (SSSR count). The summed E-state index contributed by atoms with van der Waals surface area (Å²) in [4.78, 5) is 0. The van der Waals surface area contributed by atoms with E-state index in [1.807, 2.05) is 0 Å². The topological polar surface area (TPSA) is 94.0 Å². The summed E-state index contributed by atoms with van der Waals surface area (Å²) in [6.07, 6.45) is 0. The third-order valence-corrected chi connectivity index (χ3v) is 1.25. The molecule has 0 aliphatic rings. The summed E-state index contributed by atoms with van der Waals surface area (Å²) in [6.45, 7) is 0. The van der Waals surface area contributed by atoms with Crippen molar-refractivity contribution in [3.05, 3.63) is 23.4 Å². The fourth-order valence-electron chi connectivity index (χ4n) is 0.725. The van der Waals surface area contributed by atoms with E-state index in [2.05, 4.69) is 0 Å². The predicted molar refractivity (Wildman–Crippen MR) is 38.3 cm³/mol. The van der Waals surface area contributed by atoms with Crippen LogP contribution < -0.4 is 11.0 Å². The average Bonchev–Trinajstić information content (AvgIpc) is 1.94. The first kappa shape index (κ1) is 7.80. The van der Waals surface area contributed by atoms with Crippen LogP contribution in [0.1, 0.15) is 0 Å². The molecule has 11 heavy (non-hydrogen) atoms. The van der Waals surface area contributed by atoms with Crippen molar-refractivity contribution in [1.82, 2.24) is 0 Å². The van der Waals surface area contributed by atoms with Crippen molar-refractivity contribution in [2.24, 2.45) is 0 Å². The normalized spacial score (nSPS) is 12.9. The van der Waals surface area contributed by atoms with Crippen molar-refractivity contribution in [3.63, 3.8) is 0 Å². The van der Waals surface area contributed by atoms with Gasteiger partial charge in [-0.3, -0.25) is 0 Å². The summed E-state index contributed by atoms with van der Waals surface area (Å²) in [7, 11) is 0. The molecular weight excluding hydrogens is 148 g/mol. The maximum atomic E-state index is 10.4. The van der Waals surface area contributed by atoms with Crippen molar-refractivity contribution in [2.75, 3.05) is 5.73 Å². The van der Waals surface area contributed by atoms with Gasteiger partial charge in [-0.1, -0.05) is 0 Å². The summed E-state index contributed by atoms with van der Waals surface area (Å²) in [6, 6.07) is 3.89. The molecule has 60 valence electrons. The zero-order valence-corrected chi connectivity index (χ0v) is 5.61. The predicted octanol–water partition coefficient (Wildman–Crippen LogP) is -0.622. The monoisotopic (exact) mass is 156 g/mol. The quantitative estimate of drug-likeness (QED) is 0.188. The molecule has 5 nitrogen and oxygen atoms in total. The van der Waals surface area contributed by atoms with E-state index in [-0.39, 0.29) is 11.4 Å². The molecule has 0 saturated heterocycles. The summed E-state index contributed by atoms with van der Waals surface area (Å²) in [5.74, 6) is -0.272. The zero-order chi connectivity index (χ0) is 8.43. The molecule has 0 aliphatic heterocycles. The lowest BCUT2D eigenvalue weighted by atomic mass is 10.2. The molecule has 0 radical (unpaired) electrons. The Labute approximate surface area is 62.8 Å². The van der Waals surface area contributed by atoms with Crippen LogP contribution >= 0.6 is 0 Å². The Bertz CT molecular complexity index is 262. The van der Waals surface area contributed by atoms with Crippen LogP contribution in [0.3, 0.4) is 0 Å². The number of quaternary nitrogens is 1. The van der Waals surface area contributed by atoms with E-state index in [0.717, 1.165) is 0 Å².